The van der Waals surface area contributed by atoms with E-state index < -0.39 is 0 Å². The van der Waals surface area contributed by atoms with E-state index in [1.807, 2.05) is 29.2 Å². The third kappa shape index (κ3) is 3.74. The van der Waals surface area contributed by atoms with Crippen LogP contribution < -0.4 is 5.73 Å². The largest absolute Gasteiger partial charge is 0.338 e. The van der Waals surface area contributed by atoms with Crippen molar-refractivity contribution in [1.82, 2.24) is 4.90 Å². The number of carbonyl (C=O) groups excluding carboxylic acids is 1. The third-order valence-corrected chi connectivity index (χ3v) is 4.36. The number of piperidine rings is 1. The molecule has 2 rings (SSSR count). The number of carbonyl (C=O) groups is 1. The highest BCUT2D eigenvalue weighted by Gasteiger charge is 2.31. The molecule has 1 saturated heterocycles. The number of amides is 1. The van der Waals surface area contributed by atoms with Crippen molar-refractivity contribution in [2.24, 2.45) is 11.1 Å². The predicted molar refractivity (Wildman–Crippen MR) is 85.1 cm³/mol. The van der Waals surface area contributed by atoms with E-state index in [9.17, 15) is 4.79 Å². The quantitative estimate of drug-likeness (QED) is 0.931. The van der Waals surface area contributed by atoms with E-state index in [1.54, 1.807) is 0 Å². The molecule has 0 bridgehead atoms. The van der Waals surface area contributed by atoms with Gasteiger partial charge >= 0.3 is 0 Å². The molecule has 112 valence electrons. The van der Waals surface area contributed by atoms with Gasteiger partial charge in [-0.3, -0.25) is 4.79 Å². The minimum atomic E-state index is 0. The third-order valence-electron chi connectivity index (χ3n) is 4.36. The number of nitrogens with zero attached hydrogens (tertiary/aromatic N) is 1. The van der Waals surface area contributed by atoms with Crippen molar-refractivity contribution in [1.29, 1.82) is 0 Å². The first kappa shape index (κ1) is 17.0. The first-order chi connectivity index (χ1) is 9.08. The molecule has 1 unspecified atom stereocenters. The molecule has 2 N–H and O–H groups in total. The molecular weight excluding hydrogens is 272 g/mol. The normalized spacial score (nSPS) is 22.2. The summed E-state index contributed by atoms with van der Waals surface area (Å²) in [7, 11) is 0. The lowest BCUT2D eigenvalue weighted by Crippen LogP contribution is -2.44. The summed E-state index contributed by atoms with van der Waals surface area (Å²) in [5.74, 6) is 0.156. The maximum Gasteiger partial charge on any atom is 0.253 e. The molecule has 20 heavy (non-hydrogen) atoms. The maximum absolute atomic E-state index is 12.5. The van der Waals surface area contributed by atoms with Crippen LogP contribution in [0.3, 0.4) is 0 Å². The summed E-state index contributed by atoms with van der Waals surface area (Å²) in [5.41, 5.74) is 7.70. The van der Waals surface area contributed by atoms with E-state index in [4.69, 9.17) is 5.73 Å². The molecule has 1 aromatic carbocycles. The van der Waals surface area contributed by atoms with Crippen LogP contribution in [-0.4, -0.2) is 23.9 Å². The lowest BCUT2D eigenvalue weighted by atomic mass is 9.79. The fraction of sp³-hybridized carbons (Fsp3) is 0.562. The molecular formula is C16H25ClN2O. The molecule has 1 aromatic rings. The number of benzene rings is 1. The van der Waals surface area contributed by atoms with Crippen LogP contribution in [0.5, 0.6) is 0 Å². The summed E-state index contributed by atoms with van der Waals surface area (Å²) in [6, 6.07) is 7.66. The van der Waals surface area contributed by atoms with Gasteiger partial charge in [0.25, 0.3) is 5.91 Å². The Morgan fingerprint density at radius 3 is 2.55 bits per heavy atom. The lowest BCUT2D eigenvalue weighted by molar-refractivity contribution is 0.0543. The maximum atomic E-state index is 12.5. The number of likely N-dealkylation sites (tertiary alicyclic amines) is 1. The molecule has 4 heteroatoms. The standard InChI is InChI=1S/C16H24N2O.ClH/c1-3-16(2)9-4-10-18(12-16)15(19)14-7-5-13(11-17)6-8-14;/h5-8H,3-4,9-12,17H2,1-2H3;1H. The number of hydrogen-bond donors (Lipinski definition) is 1. The average Bonchev–Trinajstić information content (AvgIpc) is 2.46. The van der Waals surface area contributed by atoms with E-state index in [2.05, 4.69) is 13.8 Å². The Labute approximate surface area is 127 Å². The zero-order valence-electron chi connectivity index (χ0n) is 12.4. The molecule has 1 aliphatic heterocycles. The molecule has 0 spiro atoms. The SMILES string of the molecule is CCC1(C)CCCN(C(=O)c2ccc(CN)cc2)C1.Cl. The van der Waals surface area contributed by atoms with Crippen molar-refractivity contribution in [2.45, 2.75) is 39.7 Å². The molecule has 1 aliphatic rings. The van der Waals surface area contributed by atoms with E-state index in [-0.39, 0.29) is 23.7 Å². The van der Waals surface area contributed by atoms with Crippen LogP contribution in [0.15, 0.2) is 24.3 Å². The Balaban J connectivity index is 0.00000200. The highest BCUT2D eigenvalue weighted by Crippen LogP contribution is 2.33. The molecule has 0 saturated carbocycles. The Morgan fingerprint density at radius 2 is 2.00 bits per heavy atom. The number of hydrogen-bond acceptors (Lipinski definition) is 2. The summed E-state index contributed by atoms with van der Waals surface area (Å²) in [5, 5.41) is 0. The van der Waals surface area contributed by atoms with E-state index in [0.717, 1.165) is 37.1 Å². The van der Waals surface area contributed by atoms with Gasteiger partial charge in [0.15, 0.2) is 0 Å². The van der Waals surface area contributed by atoms with Gasteiger partial charge in [0.1, 0.15) is 0 Å². The molecule has 0 aliphatic carbocycles. The molecule has 1 fully saturated rings. The molecule has 0 radical (unpaired) electrons. The number of nitrogens with two attached hydrogens (primary N) is 1. The van der Waals surface area contributed by atoms with Crippen LogP contribution in [0.4, 0.5) is 0 Å². The second kappa shape index (κ2) is 7.09. The van der Waals surface area contributed by atoms with E-state index in [1.165, 1.54) is 6.42 Å². The second-order valence-corrected chi connectivity index (χ2v) is 5.90. The van der Waals surface area contributed by atoms with Gasteiger partial charge in [0, 0.05) is 25.2 Å². The number of rotatable bonds is 3. The Hall–Kier alpha value is -1.06. The summed E-state index contributed by atoms with van der Waals surface area (Å²) in [4.78, 5) is 14.5. The molecule has 3 nitrogen and oxygen atoms in total. The number of halogens is 1. The topological polar surface area (TPSA) is 46.3 Å². The van der Waals surface area contributed by atoms with Crippen molar-refractivity contribution >= 4 is 18.3 Å². The fourth-order valence-electron chi connectivity index (χ4n) is 2.74. The van der Waals surface area contributed by atoms with Gasteiger partial charge in [0.2, 0.25) is 0 Å². The van der Waals surface area contributed by atoms with Crippen LogP contribution in [0.1, 0.15) is 49.0 Å². The fourth-order valence-corrected chi connectivity index (χ4v) is 2.74. The zero-order valence-corrected chi connectivity index (χ0v) is 13.2. The van der Waals surface area contributed by atoms with Crippen molar-refractivity contribution in [2.75, 3.05) is 13.1 Å². The summed E-state index contributed by atoms with van der Waals surface area (Å²) in [6.07, 6.45) is 3.46. The Bertz CT molecular complexity index is 446. The van der Waals surface area contributed by atoms with Gasteiger partial charge in [-0.25, -0.2) is 0 Å². The van der Waals surface area contributed by atoms with Crippen LogP contribution in [0.25, 0.3) is 0 Å². The van der Waals surface area contributed by atoms with Gasteiger partial charge in [-0.15, -0.1) is 12.4 Å². The van der Waals surface area contributed by atoms with E-state index >= 15 is 0 Å². The smallest absolute Gasteiger partial charge is 0.253 e. The minimum Gasteiger partial charge on any atom is -0.338 e. The molecule has 1 amide bonds. The van der Waals surface area contributed by atoms with Crippen molar-refractivity contribution < 1.29 is 4.79 Å². The Kier molecular flexibility index (Phi) is 6.03. The average molecular weight is 297 g/mol. The van der Waals surface area contributed by atoms with Crippen molar-refractivity contribution in [3.63, 3.8) is 0 Å². The van der Waals surface area contributed by atoms with Gasteiger partial charge in [-0.05, 0) is 42.4 Å². The van der Waals surface area contributed by atoms with Gasteiger partial charge in [0.05, 0.1) is 0 Å². The van der Waals surface area contributed by atoms with Crippen LogP contribution >= 0.6 is 12.4 Å². The highest BCUT2D eigenvalue weighted by atomic mass is 35.5. The summed E-state index contributed by atoms with van der Waals surface area (Å²) < 4.78 is 0. The first-order valence-electron chi connectivity index (χ1n) is 7.16. The monoisotopic (exact) mass is 296 g/mol. The molecule has 1 atom stereocenters. The first-order valence-corrected chi connectivity index (χ1v) is 7.16. The van der Waals surface area contributed by atoms with Crippen molar-refractivity contribution in [3.05, 3.63) is 35.4 Å². The lowest BCUT2D eigenvalue weighted by Gasteiger charge is -2.40. The zero-order chi connectivity index (χ0) is 13.9. The Morgan fingerprint density at radius 1 is 1.35 bits per heavy atom. The minimum absolute atomic E-state index is 0. The predicted octanol–water partition coefficient (Wildman–Crippen LogP) is 3.22. The summed E-state index contributed by atoms with van der Waals surface area (Å²) >= 11 is 0. The van der Waals surface area contributed by atoms with Crippen molar-refractivity contribution in [3.8, 4) is 0 Å². The van der Waals surface area contributed by atoms with Crippen LogP contribution in [0, 0.1) is 5.41 Å². The van der Waals surface area contributed by atoms with Crippen LogP contribution in [0.2, 0.25) is 0 Å². The van der Waals surface area contributed by atoms with Gasteiger partial charge in [-0.2, -0.15) is 0 Å². The summed E-state index contributed by atoms with van der Waals surface area (Å²) in [6.45, 7) is 6.77. The second-order valence-electron chi connectivity index (χ2n) is 5.90. The van der Waals surface area contributed by atoms with Gasteiger partial charge in [-0.1, -0.05) is 26.0 Å². The highest BCUT2D eigenvalue weighted by molar-refractivity contribution is 5.94. The van der Waals surface area contributed by atoms with E-state index in [0.29, 0.717) is 6.54 Å². The molecule has 1 heterocycles. The molecule has 0 aromatic heterocycles. The van der Waals surface area contributed by atoms with Gasteiger partial charge < -0.3 is 10.6 Å². The van der Waals surface area contributed by atoms with Crippen LogP contribution in [-0.2, 0) is 6.54 Å².